The van der Waals surface area contributed by atoms with Crippen LogP contribution in [-0.2, 0) is 11.2 Å². The Bertz CT molecular complexity index is 271. The fraction of sp³-hybridized carbons (Fsp3) is 0.556. The molecule has 3 heteroatoms. The van der Waals surface area contributed by atoms with E-state index < -0.39 is 0 Å². The maximum atomic E-state index is 5.81. The van der Waals surface area contributed by atoms with Crippen molar-refractivity contribution in [3.05, 3.63) is 21.3 Å². The Morgan fingerprint density at radius 1 is 1.58 bits per heavy atom. The highest BCUT2D eigenvalue weighted by Crippen LogP contribution is 2.28. The van der Waals surface area contributed by atoms with Crippen LogP contribution in [-0.4, -0.2) is 12.2 Å². The molecule has 1 aromatic rings. The van der Waals surface area contributed by atoms with Gasteiger partial charge >= 0.3 is 0 Å². The molecule has 0 aromatic carbocycles. The van der Waals surface area contributed by atoms with Crippen molar-refractivity contribution >= 4 is 22.9 Å². The number of thiophene rings is 1. The monoisotopic (exact) mass is 202 g/mol. The van der Waals surface area contributed by atoms with Crippen LogP contribution in [0.2, 0.25) is 4.34 Å². The van der Waals surface area contributed by atoms with Gasteiger partial charge in [0.15, 0.2) is 0 Å². The van der Waals surface area contributed by atoms with Crippen molar-refractivity contribution in [2.45, 2.75) is 32.0 Å². The predicted octanol–water partition coefficient (Wildman–Crippen LogP) is 3.12. The van der Waals surface area contributed by atoms with Crippen LogP contribution < -0.4 is 0 Å². The van der Waals surface area contributed by atoms with Gasteiger partial charge in [0.1, 0.15) is 0 Å². The van der Waals surface area contributed by atoms with Gasteiger partial charge in [0.05, 0.1) is 16.5 Å². The van der Waals surface area contributed by atoms with Gasteiger partial charge in [0.2, 0.25) is 0 Å². The highest BCUT2D eigenvalue weighted by molar-refractivity contribution is 7.16. The second kappa shape index (κ2) is 3.36. The summed E-state index contributed by atoms with van der Waals surface area (Å²) in [6.45, 7) is 2.12. The first-order valence-electron chi connectivity index (χ1n) is 4.15. The van der Waals surface area contributed by atoms with Gasteiger partial charge in [-0.15, -0.1) is 11.3 Å². The molecule has 0 aliphatic carbocycles. The standard InChI is InChI=1S/C9H11ClOS/c1-6-8(11-6)4-2-7-3-5-9(10)12-7/h3,5-6,8H,2,4H2,1H3. The summed E-state index contributed by atoms with van der Waals surface area (Å²) < 4.78 is 6.20. The van der Waals surface area contributed by atoms with Crippen LogP contribution in [0.15, 0.2) is 12.1 Å². The highest BCUT2D eigenvalue weighted by Gasteiger charge is 2.33. The Morgan fingerprint density at radius 2 is 2.33 bits per heavy atom. The third kappa shape index (κ3) is 2.00. The molecule has 2 unspecified atom stereocenters. The Hall–Kier alpha value is -0.0500. The zero-order valence-corrected chi connectivity index (χ0v) is 8.49. The molecular formula is C9H11ClOS. The topological polar surface area (TPSA) is 12.5 Å². The van der Waals surface area contributed by atoms with Gasteiger partial charge in [0.25, 0.3) is 0 Å². The molecule has 66 valence electrons. The van der Waals surface area contributed by atoms with Crippen molar-refractivity contribution in [2.75, 3.05) is 0 Å². The third-order valence-electron chi connectivity index (χ3n) is 2.14. The van der Waals surface area contributed by atoms with Gasteiger partial charge in [-0.1, -0.05) is 11.6 Å². The largest absolute Gasteiger partial charge is 0.370 e. The first-order valence-corrected chi connectivity index (χ1v) is 5.35. The van der Waals surface area contributed by atoms with Crippen molar-refractivity contribution in [1.82, 2.24) is 0 Å². The summed E-state index contributed by atoms with van der Waals surface area (Å²) in [6, 6.07) is 4.05. The van der Waals surface area contributed by atoms with Crippen molar-refractivity contribution in [1.29, 1.82) is 0 Å². The quantitative estimate of drug-likeness (QED) is 0.687. The lowest BCUT2D eigenvalue weighted by atomic mass is 10.2. The maximum Gasteiger partial charge on any atom is 0.0931 e. The molecule has 2 rings (SSSR count). The predicted molar refractivity (Wildman–Crippen MR) is 52.0 cm³/mol. The fourth-order valence-corrected chi connectivity index (χ4v) is 2.41. The Balaban J connectivity index is 1.80. The molecule has 1 aromatic heterocycles. The second-order valence-electron chi connectivity index (χ2n) is 3.12. The van der Waals surface area contributed by atoms with E-state index in [1.165, 1.54) is 4.88 Å². The first kappa shape index (κ1) is 8.54. The maximum absolute atomic E-state index is 5.81. The number of epoxide rings is 1. The second-order valence-corrected chi connectivity index (χ2v) is 4.92. The van der Waals surface area contributed by atoms with Crippen LogP contribution in [0.25, 0.3) is 0 Å². The molecule has 0 bridgehead atoms. The van der Waals surface area contributed by atoms with E-state index in [1.807, 2.05) is 6.07 Å². The van der Waals surface area contributed by atoms with Crippen LogP contribution in [0.4, 0.5) is 0 Å². The molecular weight excluding hydrogens is 192 g/mol. The molecule has 1 saturated heterocycles. The van der Waals surface area contributed by atoms with Gasteiger partial charge in [-0.2, -0.15) is 0 Å². The minimum absolute atomic E-state index is 0.487. The lowest BCUT2D eigenvalue weighted by Gasteiger charge is -1.91. The molecule has 0 N–H and O–H groups in total. The number of halogens is 1. The zero-order chi connectivity index (χ0) is 8.55. The summed E-state index contributed by atoms with van der Waals surface area (Å²) in [6.07, 6.45) is 3.23. The normalized spacial score (nSPS) is 27.5. The van der Waals surface area contributed by atoms with E-state index in [0.29, 0.717) is 12.2 Å². The molecule has 1 aliphatic heterocycles. The van der Waals surface area contributed by atoms with Crippen molar-refractivity contribution in [3.8, 4) is 0 Å². The van der Waals surface area contributed by atoms with E-state index in [1.54, 1.807) is 11.3 Å². The molecule has 0 radical (unpaired) electrons. The number of hydrogen-bond donors (Lipinski definition) is 0. The van der Waals surface area contributed by atoms with Crippen LogP contribution >= 0.6 is 22.9 Å². The number of hydrogen-bond acceptors (Lipinski definition) is 2. The molecule has 2 atom stereocenters. The smallest absolute Gasteiger partial charge is 0.0931 e. The molecule has 1 nitrogen and oxygen atoms in total. The molecule has 0 amide bonds. The van der Waals surface area contributed by atoms with Gasteiger partial charge in [-0.05, 0) is 31.9 Å². The molecule has 0 spiro atoms. The van der Waals surface area contributed by atoms with E-state index in [2.05, 4.69) is 13.0 Å². The Kier molecular flexibility index (Phi) is 2.40. The molecule has 2 heterocycles. The summed E-state index contributed by atoms with van der Waals surface area (Å²) in [4.78, 5) is 1.36. The SMILES string of the molecule is CC1OC1CCc1ccc(Cl)s1. The molecule has 1 fully saturated rings. The average Bonchev–Trinajstić information content (AvgIpc) is 2.56. The third-order valence-corrected chi connectivity index (χ3v) is 3.43. The minimum Gasteiger partial charge on any atom is -0.370 e. The molecule has 0 saturated carbocycles. The summed E-state index contributed by atoms with van der Waals surface area (Å²) in [5, 5.41) is 0. The summed E-state index contributed by atoms with van der Waals surface area (Å²) in [5.74, 6) is 0. The fourth-order valence-electron chi connectivity index (χ4n) is 1.30. The highest BCUT2D eigenvalue weighted by atomic mass is 35.5. The lowest BCUT2D eigenvalue weighted by molar-refractivity contribution is 0.371. The van der Waals surface area contributed by atoms with Gasteiger partial charge in [0, 0.05) is 4.88 Å². The lowest BCUT2D eigenvalue weighted by Crippen LogP contribution is -1.91. The van der Waals surface area contributed by atoms with E-state index in [9.17, 15) is 0 Å². The van der Waals surface area contributed by atoms with Gasteiger partial charge in [-0.3, -0.25) is 0 Å². The van der Waals surface area contributed by atoms with Crippen LogP contribution in [0, 0.1) is 0 Å². The zero-order valence-electron chi connectivity index (χ0n) is 6.92. The first-order chi connectivity index (χ1) is 5.75. The van der Waals surface area contributed by atoms with Gasteiger partial charge < -0.3 is 4.74 Å². The number of aryl methyl sites for hydroxylation is 1. The van der Waals surface area contributed by atoms with E-state index in [0.717, 1.165) is 17.2 Å². The van der Waals surface area contributed by atoms with E-state index >= 15 is 0 Å². The average molecular weight is 203 g/mol. The van der Waals surface area contributed by atoms with Crippen LogP contribution in [0.1, 0.15) is 18.2 Å². The Labute approximate surface area is 81.3 Å². The summed E-state index contributed by atoms with van der Waals surface area (Å²) in [7, 11) is 0. The number of ether oxygens (including phenoxy) is 1. The van der Waals surface area contributed by atoms with E-state index in [-0.39, 0.29) is 0 Å². The van der Waals surface area contributed by atoms with Crippen LogP contribution in [0.5, 0.6) is 0 Å². The van der Waals surface area contributed by atoms with E-state index in [4.69, 9.17) is 16.3 Å². The Morgan fingerprint density at radius 3 is 2.83 bits per heavy atom. The summed E-state index contributed by atoms with van der Waals surface area (Å²) >= 11 is 7.48. The molecule has 12 heavy (non-hydrogen) atoms. The minimum atomic E-state index is 0.487. The van der Waals surface area contributed by atoms with Crippen molar-refractivity contribution < 1.29 is 4.74 Å². The van der Waals surface area contributed by atoms with Crippen LogP contribution in [0.3, 0.4) is 0 Å². The molecule has 1 aliphatic rings. The van der Waals surface area contributed by atoms with Crippen molar-refractivity contribution in [2.24, 2.45) is 0 Å². The van der Waals surface area contributed by atoms with Crippen molar-refractivity contribution in [3.63, 3.8) is 0 Å². The summed E-state index contributed by atoms with van der Waals surface area (Å²) in [5.41, 5.74) is 0. The number of rotatable bonds is 3. The van der Waals surface area contributed by atoms with Gasteiger partial charge in [-0.25, -0.2) is 0 Å².